The van der Waals surface area contributed by atoms with Crippen LogP contribution in [0, 0.1) is 17.8 Å². The number of ether oxygens (including phenoxy) is 3. The highest BCUT2D eigenvalue weighted by Crippen LogP contribution is 2.45. The SMILES string of the molecule is COC1OC(C)C(C2CCCC(C3CCC3)C2)O1. The fourth-order valence-corrected chi connectivity index (χ4v) is 4.03. The molecule has 18 heavy (non-hydrogen) atoms. The molecule has 0 bridgehead atoms. The van der Waals surface area contributed by atoms with Crippen molar-refractivity contribution >= 4 is 0 Å². The highest BCUT2D eigenvalue weighted by molar-refractivity contribution is 4.88. The lowest BCUT2D eigenvalue weighted by Crippen LogP contribution is -2.36. The Labute approximate surface area is 110 Å². The van der Waals surface area contributed by atoms with E-state index in [9.17, 15) is 0 Å². The van der Waals surface area contributed by atoms with Crippen molar-refractivity contribution in [2.75, 3.05) is 7.11 Å². The molecule has 0 N–H and O–H groups in total. The first-order valence-corrected chi connectivity index (χ1v) is 7.61. The van der Waals surface area contributed by atoms with Crippen molar-refractivity contribution in [3.63, 3.8) is 0 Å². The summed E-state index contributed by atoms with van der Waals surface area (Å²) in [5, 5.41) is 0. The van der Waals surface area contributed by atoms with Crippen molar-refractivity contribution in [3.8, 4) is 0 Å². The Bertz CT molecular complexity index is 277. The van der Waals surface area contributed by atoms with Crippen LogP contribution in [-0.4, -0.2) is 25.8 Å². The highest BCUT2D eigenvalue weighted by atomic mass is 16.9. The quantitative estimate of drug-likeness (QED) is 0.773. The van der Waals surface area contributed by atoms with E-state index in [1.165, 1.54) is 44.9 Å². The molecule has 3 rings (SSSR count). The topological polar surface area (TPSA) is 27.7 Å². The van der Waals surface area contributed by atoms with Crippen LogP contribution in [0.15, 0.2) is 0 Å². The molecule has 3 heteroatoms. The van der Waals surface area contributed by atoms with Crippen LogP contribution in [0.25, 0.3) is 0 Å². The Hall–Kier alpha value is -0.120. The van der Waals surface area contributed by atoms with Gasteiger partial charge >= 0.3 is 0 Å². The van der Waals surface area contributed by atoms with E-state index in [0.717, 1.165) is 11.8 Å². The maximum Gasteiger partial charge on any atom is 0.272 e. The third kappa shape index (κ3) is 2.45. The molecule has 0 aromatic heterocycles. The molecule has 0 aromatic carbocycles. The van der Waals surface area contributed by atoms with Crippen molar-refractivity contribution in [3.05, 3.63) is 0 Å². The maximum absolute atomic E-state index is 5.90. The third-order valence-electron chi connectivity index (χ3n) is 5.29. The van der Waals surface area contributed by atoms with Crippen molar-refractivity contribution in [1.29, 1.82) is 0 Å². The molecule has 1 aliphatic heterocycles. The predicted octanol–water partition coefficient (Wildman–Crippen LogP) is 3.33. The van der Waals surface area contributed by atoms with Gasteiger partial charge in [-0.2, -0.15) is 0 Å². The van der Waals surface area contributed by atoms with Gasteiger partial charge in [0.25, 0.3) is 6.48 Å². The molecular formula is C15H26O3. The molecule has 5 unspecified atom stereocenters. The zero-order chi connectivity index (χ0) is 12.5. The fraction of sp³-hybridized carbons (Fsp3) is 1.00. The molecule has 0 aromatic rings. The number of methoxy groups -OCH3 is 1. The molecule has 1 saturated heterocycles. The van der Waals surface area contributed by atoms with Crippen LogP contribution >= 0.6 is 0 Å². The highest BCUT2D eigenvalue weighted by Gasteiger charge is 2.42. The molecule has 3 fully saturated rings. The smallest absolute Gasteiger partial charge is 0.272 e. The van der Waals surface area contributed by atoms with Crippen molar-refractivity contribution in [1.82, 2.24) is 0 Å². The monoisotopic (exact) mass is 254 g/mol. The molecular weight excluding hydrogens is 228 g/mol. The van der Waals surface area contributed by atoms with Crippen LogP contribution in [0.5, 0.6) is 0 Å². The third-order valence-corrected chi connectivity index (χ3v) is 5.29. The van der Waals surface area contributed by atoms with E-state index in [1.807, 2.05) is 0 Å². The molecule has 0 radical (unpaired) electrons. The van der Waals surface area contributed by atoms with Crippen molar-refractivity contribution in [2.24, 2.45) is 17.8 Å². The first-order chi connectivity index (χ1) is 8.78. The Morgan fingerprint density at radius 2 is 1.56 bits per heavy atom. The van der Waals surface area contributed by atoms with E-state index in [1.54, 1.807) is 7.11 Å². The van der Waals surface area contributed by atoms with Crippen molar-refractivity contribution in [2.45, 2.75) is 70.6 Å². The van der Waals surface area contributed by atoms with Gasteiger partial charge in [0.2, 0.25) is 0 Å². The van der Waals surface area contributed by atoms with Crippen LogP contribution in [0.4, 0.5) is 0 Å². The zero-order valence-electron chi connectivity index (χ0n) is 11.6. The van der Waals surface area contributed by atoms with Gasteiger partial charge in [-0.1, -0.05) is 32.1 Å². The van der Waals surface area contributed by atoms with Gasteiger partial charge in [-0.25, -0.2) is 0 Å². The Morgan fingerprint density at radius 1 is 0.889 bits per heavy atom. The number of hydrogen-bond acceptors (Lipinski definition) is 3. The lowest BCUT2D eigenvalue weighted by molar-refractivity contribution is -0.231. The molecule has 2 aliphatic carbocycles. The normalized spacial score (nSPS) is 46.0. The fourth-order valence-electron chi connectivity index (χ4n) is 4.03. The summed E-state index contributed by atoms with van der Waals surface area (Å²) in [7, 11) is 1.65. The summed E-state index contributed by atoms with van der Waals surface area (Å²) in [5.41, 5.74) is 0. The molecule has 5 atom stereocenters. The van der Waals surface area contributed by atoms with Gasteiger partial charge in [0, 0.05) is 7.11 Å². The van der Waals surface area contributed by atoms with E-state index in [2.05, 4.69) is 6.92 Å². The van der Waals surface area contributed by atoms with Gasteiger partial charge in [-0.3, -0.25) is 0 Å². The minimum Gasteiger partial charge on any atom is -0.333 e. The molecule has 0 amide bonds. The van der Waals surface area contributed by atoms with E-state index < -0.39 is 6.48 Å². The van der Waals surface area contributed by atoms with Gasteiger partial charge < -0.3 is 14.2 Å². The summed E-state index contributed by atoms with van der Waals surface area (Å²) in [5.74, 6) is 2.65. The minimum atomic E-state index is -0.436. The van der Waals surface area contributed by atoms with Crippen LogP contribution in [-0.2, 0) is 14.2 Å². The van der Waals surface area contributed by atoms with Crippen LogP contribution in [0.1, 0.15) is 51.9 Å². The molecule has 3 nitrogen and oxygen atoms in total. The van der Waals surface area contributed by atoms with Gasteiger partial charge in [-0.15, -0.1) is 0 Å². The van der Waals surface area contributed by atoms with E-state index >= 15 is 0 Å². The van der Waals surface area contributed by atoms with Crippen molar-refractivity contribution < 1.29 is 14.2 Å². The lowest BCUT2D eigenvalue weighted by Gasteiger charge is -2.40. The second-order valence-corrected chi connectivity index (χ2v) is 6.34. The summed E-state index contributed by atoms with van der Waals surface area (Å²) >= 11 is 0. The molecule has 1 heterocycles. The first kappa shape index (κ1) is 12.9. The minimum absolute atomic E-state index is 0.181. The van der Waals surface area contributed by atoms with Crippen LogP contribution in [0.2, 0.25) is 0 Å². The Morgan fingerprint density at radius 3 is 2.17 bits per heavy atom. The first-order valence-electron chi connectivity index (χ1n) is 7.61. The largest absolute Gasteiger partial charge is 0.333 e. The predicted molar refractivity (Wildman–Crippen MR) is 69.0 cm³/mol. The Kier molecular flexibility index (Phi) is 3.92. The van der Waals surface area contributed by atoms with Gasteiger partial charge in [0.05, 0.1) is 12.2 Å². The number of rotatable bonds is 3. The second kappa shape index (κ2) is 5.48. The molecule has 2 saturated carbocycles. The summed E-state index contributed by atoms with van der Waals surface area (Å²) in [6.45, 7) is 1.69. The van der Waals surface area contributed by atoms with E-state index in [4.69, 9.17) is 14.2 Å². The number of hydrogen-bond donors (Lipinski definition) is 0. The van der Waals surface area contributed by atoms with Crippen LogP contribution < -0.4 is 0 Å². The van der Waals surface area contributed by atoms with Crippen LogP contribution in [0.3, 0.4) is 0 Å². The summed E-state index contributed by atoms with van der Waals surface area (Å²) in [6, 6.07) is 0. The summed E-state index contributed by atoms with van der Waals surface area (Å²) in [4.78, 5) is 0. The van der Waals surface area contributed by atoms with Gasteiger partial charge in [-0.05, 0) is 37.5 Å². The standard InChI is InChI=1S/C15H26O3/c1-10-14(18-15(16-2)17-10)13-8-4-7-12(9-13)11-5-3-6-11/h10-15H,3-9H2,1-2H3. The van der Waals surface area contributed by atoms with Gasteiger partial charge in [0.1, 0.15) is 0 Å². The van der Waals surface area contributed by atoms with E-state index in [0.29, 0.717) is 5.92 Å². The van der Waals surface area contributed by atoms with E-state index in [-0.39, 0.29) is 12.2 Å². The average Bonchev–Trinajstić information content (AvgIpc) is 2.69. The molecule has 104 valence electrons. The maximum atomic E-state index is 5.90. The second-order valence-electron chi connectivity index (χ2n) is 6.34. The summed E-state index contributed by atoms with van der Waals surface area (Å²) < 4.78 is 16.7. The lowest BCUT2D eigenvalue weighted by atomic mass is 9.66. The average molecular weight is 254 g/mol. The van der Waals surface area contributed by atoms with Gasteiger partial charge in [0.15, 0.2) is 0 Å². The molecule has 3 aliphatic rings. The summed E-state index contributed by atoms with van der Waals surface area (Å²) in [6.07, 6.45) is 10.3. The zero-order valence-corrected chi connectivity index (χ0v) is 11.6. The Balaban J connectivity index is 1.58. The molecule has 0 spiro atoms.